The van der Waals surface area contributed by atoms with Gasteiger partial charge in [-0.05, 0) is 30.2 Å². The van der Waals surface area contributed by atoms with Gasteiger partial charge in [0, 0.05) is 10.6 Å². The molecule has 0 fully saturated rings. The summed E-state index contributed by atoms with van der Waals surface area (Å²) in [5, 5.41) is 2.85. The van der Waals surface area contributed by atoms with Gasteiger partial charge in [-0.3, -0.25) is 9.59 Å². The highest BCUT2D eigenvalue weighted by Gasteiger charge is 2.47. The number of thioether (sulfide) groups is 1. The summed E-state index contributed by atoms with van der Waals surface area (Å²) in [6.07, 6.45) is 4.22. The van der Waals surface area contributed by atoms with Crippen molar-refractivity contribution in [1.29, 1.82) is 0 Å². The number of aliphatic imine (C=N–C) groups is 1. The Hall–Kier alpha value is -2.74. The van der Waals surface area contributed by atoms with Crippen LogP contribution in [-0.4, -0.2) is 59.2 Å². The second kappa shape index (κ2) is 7.87. The van der Waals surface area contributed by atoms with Crippen molar-refractivity contribution in [3.05, 3.63) is 40.8 Å². The molecule has 8 heteroatoms. The third kappa shape index (κ3) is 3.85. The number of aryl methyl sites for hydroxylation is 1. The molecule has 0 aromatic heterocycles. The Morgan fingerprint density at radius 1 is 1.30 bits per heavy atom. The van der Waals surface area contributed by atoms with Crippen molar-refractivity contribution < 1.29 is 19.0 Å². The number of hydrogen-bond donors (Lipinski definition) is 1. The molecule has 140 valence electrons. The maximum Gasteiger partial charge on any atom is 0.445 e. The van der Waals surface area contributed by atoms with Crippen molar-refractivity contribution in [3.8, 4) is 0 Å². The minimum atomic E-state index is -0.649. The van der Waals surface area contributed by atoms with E-state index in [1.807, 2.05) is 24.3 Å². The molecule has 0 bridgehead atoms. The quantitative estimate of drug-likeness (QED) is 0.788. The number of amidine groups is 1. The molecule has 0 radical (unpaired) electrons. The Labute approximate surface area is 161 Å². The number of dihydropyridines is 1. The summed E-state index contributed by atoms with van der Waals surface area (Å²) in [6, 6.07) is 7.30. The van der Waals surface area contributed by atoms with E-state index in [-0.39, 0.29) is 17.6 Å². The molecule has 1 aromatic rings. The number of amides is 4. The van der Waals surface area contributed by atoms with Crippen LogP contribution in [0.3, 0.4) is 0 Å². The third-order valence-electron chi connectivity index (χ3n) is 4.50. The monoisotopic (exact) mass is 385 g/mol. The zero-order chi connectivity index (χ0) is 19.6. The molecule has 2 heterocycles. The smallest absolute Gasteiger partial charge is 0.325 e. The molecule has 1 atom stereocenters. The zero-order valence-corrected chi connectivity index (χ0v) is 16.2. The molecule has 7 nitrogen and oxygen atoms in total. The average molecular weight is 385 g/mol. The van der Waals surface area contributed by atoms with Crippen LogP contribution in [0.15, 0.2) is 40.2 Å². The first-order chi connectivity index (χ1) is 12.9. The highest BCUT2D eigenvalue weighted by atomic mass is 32.2. The molecular formula is C19H21N4O3S+. The van der Waals surface area contributed by atoms with E-state index in [2.05, 4.69) is 17.2 Å². The SMILES string of the molecule is CCc1ccc(NC(=O)CSC2=CC=NC3=[N+](C)C(=O)N(C)C(=O)C23)cc1. The average Bonchev–Trinajstić information content (AvgIpc) is 2.69. The van der Waals surface area contributed by atoms with Gasteiger partial charge in [0.1, 0.15) is 6.21 Å². The van der Waals surface area contributed by atoms with Gasteiger partial charge >= 0.3 is 11.9 Å². The van der Waals surface area contributed by atoms with E-state index < -0.39 is 11.9 Å². The standard InChI is InChI=1S/C19H20N4O3S/c1-4-12-5-7-13(8-6-12)21-15(24)11-27-14-9-10-20-17-16(14)18(25)23(3)19(26)22(17)2/h5-10,16H,4,11H2,1-3H3/p+1. The lowest BCUT2D eigenvalue weighted by molar-refractivity contribution is -0.407. The van der Waals surface area contributed by atoms with Gasteiger partial charge in [0.25, 0.3) is 5.84 Å². The van der Waals surface area contributed by atoms with Crippen LogP contribution in [0.1, 0.15) is 12.5 Å². The molecule has 1 aromatic carbocycles. The van der Waals surface area contributed by atoms with Gasteiger partial charge in [-0.25, -0.2) is 4.79 Å². The van der Waals surface area contributed by atoms with Crippen molar-refractivity contribution >= 4 is 47.3 Å². The Balaban J connectivity index is 1.67. The molecule has 4 amide bonds. The van der Waals surface area contributed by atoms with Gasteiger partial charge in [-0.15, -0.1) is 16.8 Å². The van der Waals surface area contributed by atoms with E-state index in [0.29, 0.717) is 10.7 Å². The van der Waals surface area contributed by atoms with Crippen LogP contribution in [0.2, 0.25) is 0 Å². The topological polar surface area (TPSA) is 81.8 Å². The molecule has 3 rings (SSSR count). The van der Waals surface area contributed by atoms with Gasteiger partial charge < -0.3 is 5.32 Å². The number of urea groups is 1. The van der Waals surface area contributed by atoms with Crippen molar-refractivity contribution in [2.75, 3.05) is 25.2 Å². The molecular weight excluding hydrogens is 364 g/mol. The Morgan fingerprint density at radius 3 is 2.67 bits per heavy atom. The number of benzene rings is 1. The largest absolute Gasteiger partial charge is 0.445 e. The number of carbonyl (C=O) groups excluding carboxylic acids is 3. The van der Waals surface area contributed by atoms with E-state index >= 15 is 0 Å². The summed E-state index contributed by atoms with van der Waals surface area (Å²) in [6.45, 7) is 2.08. The van der Waals surface area contributed by atoms with Gasteiger partial charge in [-0.1, -0.05) is 19.1 Å². The lowest BCUT2D eigenvalue weighted by Gasteiger charge is -2.26. The van der Waals surface area contributed by atoms with Crippen LogP contribution in [0.25, 0.3) is 0 Å². The summed E-state index contributed by atoms with van der Waals surface area (Å²) in [5.41, 5.74) is 1.94. The summed E-state index contributed by atoms with van der Waals surface area (Å²) in [5.74, 6) is -0.587. The number of allylic oxidation sites excluding steroid dienone is 1. The van der Waals surface area contributed by atoms with Crippen molar-refractivity contribution in [3.63, 3.8) is 0 Å². The van der Waals surface area contributed by atoms with Crippen LogP contribution >= 0.6 is 11.8 Å². The normalized spacial score (nSPS) is 19.1. The van der Waals surface area contributed by atoms with E-state index in [0.717, 1.165) is 17.0 Å². The number of nitrogens with zero attached hydrogens (tertiary/aromatic N) is 3. The Bertz CT molecular complexity index is 887. The van der Waals surface area contributed by atoms with E-state index in [1.165, 1.54) is 28.9 Å². The minimum Gasteiger partial charge on any atom is -0.325 e. The highest BCUT2D eigenvalue weighted by Crippen LogP contribution is 2.31. The lowest BCUT2D eigenvalue weighted by Crippen LogP contribution is -2.52. The number of anilines is 1. The zero-order valence-electron chi connectivity index (χ0n) is 15.4. The van der Waals surface area contributed by atoms with E-state index in [1.54, 1.807) is 19.3 Å². The van der Waals surface area contributed by atoms with Crippen LogP contribution in [0.5, 0.6) is 0 Å². The molecule has 0 aliphatic carbocycles. The molecule has 0 saturated heterocycles. The molecule has 0 saturated carbocycles. The number of carbonyl (C=O) groups is 3. The van der Waals surface area contributed by atoms with Crippen molar-refractivity contribution in [2.24, 2.45) is 10.9 Å². The molecule has 0 spiro atoms. The van der Waals surface area contributed by atoms with Crippen molar-refractivity contribution in [2.45, 2.75) is 13.3 Å². The molecule has 2 aliphatic rings. The predicted octanol–water partition coefficient (Wildman–Crippen LogP) is 2.14. The van der Waals surface area contributed by atoms with Gasteiger partial charge in [0.15, 0.2) is 5.92 Å². The van der Waals surface area contributed by atoms with Gasteiger partial charge in [-0.2, -0.15) is 9.48 Å². The van der Waals surface area contributed by atoms with Crippen LogP contribution in [0, 0.1) is 5.92 Å². The fourth-order valence-electron chi connectivity index (χ4n) is 2.91. The maximum atomic E-state index is 12.6. The fourth-order valence-corrected chi connectivity index (χ4v) is 3.81. The third-order valence-corrected chi connectivity index (χ3v) is 5.61. The Kier molecular flexibility index (Phi) is 5.55. The van der Waals surface area contributed by atoms with Crippen molar-refractivity contribution in [1.82, 2.24) is 4.90 Å². The second-order valence-corrected chi connectivity index (χ2v) is 7.31. The lowest BCUT2D eigenvalue weighted by atomic mass is 10.0. The maximum absolute atomic E-state index is 12.6. The first-order valence-electron chi connectivity index (χ1n) is 8.60. The number of fused-ring (bicyclic) bond motifs is 1. The second-order valence-electron chi connectivity index (χ2n) is 6.26. The van der Waals surface area contributed by atoms with E-state index in [4.69, 9.17) is 0 Å². The van der Waals surface area contributed by atoms with E-state index in [9.17, 15) is 14.4 Å². The predicted molar refractivity (Wildman–Crippen MR) is 106 cm³/mol. The minimum absolute atomic E-state index is 0.157. The summed E-state index contributed by atoms with van der Waals surface area (Å²) >= 11 is 1.28. The summed E-state index contributed by atoms with van der Waals surface area (Å²) < 4.78 is 1.37. The van der Waals surface area contributed by atoms with Gasteiger partial charge in [0.2, 0.25) is 5.91 Å². The van der Waals surface area contributed by atoms with Crippen LogP contribution < -0.4 is 5.32 Å². The molecule has 1 N–H and O–H groups in total. The van der Waals surface area contributed by atoms with Crippen LogP contribution in [0.4, 0.5) is 10.5 Å². The number of rotatable bonds is 5. The Morgan fingerprint density at radius 2 is 2.00 bits per heavy atom. The number of hydrogen-bond acceptors (Lipinski definition) is 5. The fraction of sp³-hybridized carbons (Fsp3) is 0.316. The molecule has 27 heavy (non-hydrogen) atoms. The van der Waals surface area contributed by atoms with Gasteiger partial charge in [0.05, 0.1) is 19.8 Å². The summed E-state index contributed by atoms with van der Waals surface area (Å²) in [7, 11) is 3.04. The number of nitrogens with one attached hydrogen (secondary N) is 1. The first-order valence-corrected chi connectivity index (χ1v) is 9.59. The first kappa shape index (κ1) is 19.0. The van der Waals surface area contributed by atoms with Crippen LogP contribution in [-0.2, 0) is 16.0 Å². The molecule has 2 aliphatic heterocycles. The highest BCUT2D eigenvalue weighted by molar-refractivity contribution is 8.03. The number of imide groups is 1. The molecule has 1 unspecified atom stereocenters. The summed E-state index contributed by atoms with van der Waals surface area (Å²) in [4.78, 5) is 42.9.